The van der Waals surface area contributed by atoms with Crippen LogP contribution >= 0.6 is 0 Å². The van der Waals surface area contributed by atoms with Crippen LogP contribution in [0, 0.1) is 0 Å². The van der Waals surface area contributed by atoms with Crippen molar-refractivity contribution in [2.75, 3.05) is 48.3 Å². The number of aromatic nitrogens is 6. The second-order valence-corrected chi connectivity index (χ2v) is 9.55. The fraction of sp³-hybridized carbons (Fsp3) is 0.542. The van der Waals surface area contributed by atoms with E-state index >= 15 is 0 Å². The summed E-state index contributed by atoms with van der Waals surface area (Å²) in [6, 6.07) is 4.78. The van der Waals surface area contributed by atoms with Gasteiger partial charge in [0.1, 0.15) is 17.8 Å². The third kappa shape index (κ3) is 3.75. The fourth-order valence-corrected chi connectivity index (χ4v) is 5.52. The molecule has 0 aromatic carbocycles. The first-order chi connectivity index (χ1) is 16.7. The van der Waals surface area contributed by atoms with Crippen LogP contribution in [0.1, 0.15) is 50.9 Å². The minimum atomic E-state index is 0.172. The number of nitrogens with one attached hydrogen (secondary N) is 1. The Morgan fingerprint density at radius 3 is 2.59 bits per heavy atom. The van der Waals surface area contributed by atoms with E-state index in [-0.39, 0.29) is 6.04 Å². The molecular weight excluding hydrogens is 428 g/mol. The lowest BCUT2D eigenvalue weighted by Crippen LogP contribution is -2.44. The molecule has 34 heavy (non-hydrogen) atoms. The molecule has 3 aliphatic rings. The maximum absolute atomic E-state index is 5.02. The Kier molecular flexibility index (Phi) is 5.52. The first kappa shape index (κ1) is 21.3. The standard InChI is InChI=1S/C24H32N10/c1-3-19-23-30-27-16-33(23)20-15-26-24(29-22(20)34(19)18-6-4-5-7-18)28-17-8-9-21(25-14-17)32-12-10-31(2)11-13-32/h8-9,14-16,18-19H,3-7,10-13H2,1-2H3,(H,26,28,29)/t19-/m1/s1. The Balaban J connectivity index is 1.28. The summed E-state index contributed by atoms with van der Waals surface area (Å²) >= 11 is 0. The molecule has 0 spiro atoms. The minimum Gasteiger partial charge on any atom is -0.354 e. The summed E-state index contributed by atoms with van der Waals surface area (Å²) in [6.07, 6.45) is 11.4. The van der Waals surface area contributed by atoms with Gasteiger partial charge in [0.05, 0.1) is 24.1 Å². The Morgan fingerprint density at radius 2 is 1.85 bits per heavy atom. The minimum absolute atomic E-state index is 0.172. The van der Waals surface area contributed by atoms with Crippen LogP contribution in [-0.2, 0) is 0 Å². The maximum atomic E-state index is 5.02. The van der Waals surface area contributed by atoms with Crippen LogP contribution in [0.15, 0.2) is 30.9 Å². The zero-order valence-electron chi connectivity index (χ0n) is 19.9. The quantitative estimate of drug-likeness (QED) is 0.616. The lowest BCUT2D eigenvalue weighted by atomic mass is 10.0. The normalized spacial score (nSPS) is 20.9. The Labute approximate surface area is 200 Å². The van der Waals surface area contributed by atoms with Gasteiger partial charge in [-0.25, -0.2) is 9.97 Å². The first-order valence-electron chi connectivity index (χ1n) is 12.4. The number of hydrogen-bond donors (Lipinski definition) is 1. The molecule has 178 valence electrons. The Hall–Kier alpha value is -3.27. The highest BCUT2D eigenvalue weighted by Crippen LogP contribution is 2.42. The molecule has 10 heteroatoms. The van der Waals surface area contributed by atoms with Crippen LogP contribution in [0.3, 0.4) is 0 Å². The third-order valence-corrected chi connectivity index (χ3v) is 7.40. The largest absolute Gasteiger partial charge is 0.354 e. The molecule has 6 rings (SSSR count). The van der Waals surface area contributed by atoms with E-state index in [4.69, 9.17) is 9.97 Å². The lowest BCUT2D eigenvalue weighted by Gasteiger charge is -2.40. The average molecular weight is 461 g/mol. The van der Waals surface area contributed by atoms with E-state index in [2.05, 4.69) is 61.3 Å². The van der Waals surface area contributed by atoms with Crippen LogP contribution in [-0.4, -0.2) is 73.9 Å². The van der Waals surface area contributed by atoms with Gasteiger partial charge in [-0.1, -0.05) is 19.8 Å². The van der Waals surface area contributed by atoms with Crippen LogP contribution in [0.2, 0.25) is 0 Å². The molecular formula is C24H32N10. The average Bonchev–Trinajstić information content (AvgIpc) is 3.57. The zero-order chi connectivity index (χ0) is 23.1. The molecule has 1 saturated heterocycles. The van der Waals surface area contributed by atoms with Gasteiger partial charge in [0, 0.05) is 32.2 Å². The third-order valence-electron chi connectivity index (χ3n) is 7.40. The summed E-state index contributed by atoms with van der Waals surface area (Å²) in [5.41, 5.74) is 1.84. The summed E-state index contributed by atoms with van der Waals surface area (Å²) < 4.78 is 2.05. The highest BCUT2D eigenvalue weighted by molar-refractivity contribution is 5.65. The van der Waals surface area contributed by atoms with Crippen molar-refractivity contribution >= 4 is 23.3 Å². The number of nitrogens with zero attached hydrogens (tertiary/aromatic N) is 9. The van der Waals surface area contributed by atoms with Gasteiger partial charge < -0.3 is 20.0 Å². The van der Waals surface area contributed by atoms with Gasteiger partial charge in [-0.05, 0) is 38.4 Å². The molecule has 5 heterocycles. The molecule has 1 atom stereocenters. The number of rotatable bonds is 5. The van der Waals surface area contributed by atoms with E-state index < -0.39 is 0 Å². The van der Waals surface area contributed by atoms with E-state index in [9.17, 15) is 0 Å². The van der Waals surface area contributed by atoms with E-state index in [1.807, 2.05) is 17.0 Å². The van der Waals surface area contributed by atoms with Gasteiger partial charge >= 0.3 is 0 Å². The van der Waals surface area contributed by atoms with Gasteiger partial charge in [-0.2, -0.15) is 4.98 Å². The summed E-state index contributed by atoms with van der Waals surface area (Å²) in [4.78, 5) is 21.5. The summed E-state index contributed by atoms with van der Waals surface area (Å²) in [5, 5.41) is 12.0. The number of likely N-dealkylation sites (N-methyl/N-ethyl adjacent to an activating group) is 1. The predicted octanol–water partition coefficient (Wildman–Crippen LogP) is 3.16. The zero-order valence-corrected chi connectivity index (χ0v) is 19.9. The topological polar surface area (TPSA) is 91.1 Å². The molecule has 2 aliphatic heterocycles. The van der Waals surface area contributed by atoms with Crippen molar-refractivity contribution in [1.29, 1.82) is 0 Å². The number of fused-ring (bicyclic) bond motifs is 3. The molecule has 1 saturated carbocycles. The number of anilines is 4. The molecule has 3 aromatic heterocycles. The highest BCUT2D eigenvalue weighted by Gasteiger charge is 2.38. The second-order valence-electron chi connectivity index (χ2n) is 9.55. The molecule has 1 N–H and O–H groups in total. The van der Waals surface area contributed by atoms with Crippen molar-refractivity contribution in [3.8, 4) is 5.69 Å². The molecule has 0 unspecified atom stereocenters. The predicted molar refractivity (Wildman–Crippen MR) is 132 cm³/mol. The van der Waals surface area contributed by atoms with Crippen molar-refractivity contribution in [3.05, 3.63) is 36.7 Å². The molecule has 0 amide bonds. The van der Waals surface area contributed by atoms with Gasteiger partial charge in [0.15, 0.2) is 11.6 Å². The SMILES string of the molecule is CC[C@@H]1c2nncn2-c2cnc(Nc3ccc(N4CCN(C)CC4)nc3)nc2N1C1CCCC1. The summed E-state index contributed by atoms with van der Waals surface area (Å²) in [6.45, 7) is 6.35. The molecule has 2 fully saturated rings. The van der Waals surface area contributed by atoms with Crippen molar-refractivity contribution in [1.82, 2.24) is 34.6 Å². The number of hydrogen-bond acceptors (Lipinski definition) is 9. The first-order valence-corrected chi connectivity index (χ1v) is 12.4. The maximum Gasteiger partial charge on any atom is 0.229 e. The van der Waals surface area contributed by atoms with Gasteiger partial charge in [0.25, 0.3) is 0 Å². The van der Waals surface area contributed by atoms with Crippen molar-refractivity contribution in [2.24, 2.45) is 0 Å². The monoisotopic (exact) mass is 460 g/mol. The van der Waals surface area contributed by atoms with Crippen molar-refractivity contribution in [3.63, 3.8) is 0 Å². The van der Waals surface area contributed by atoms with Crippen LogP contribution < -0.4 is 15.1 Å². The highest BCUT2D eigenvalue weighted by atomic mass is 15.4. The molecule has 0 radical (unpaired) electrons. The van der Waals surface area contributed by atoms with Crippen LogP contribution in [0.4, 0.5) is 23.3 Å². The summed E-state index contributed by atoms with van der Waals surface area (Å²) in [5.74, 6) is 3.55. The molecule has 1 aliphatic carbocycles. The van der Waals surface area contributed by atoms with E-state index in [0.717, 1.165) is 61.4 Å². The van der Waals surface area contributed by atoms with Crippen LogP contribution in [0.25, 0.3) is 5.69 Å². The fourth-order valence-electron chi connectivity index (χ4n) is 5.52. The second kappa shape index (κ2) is 8.83. The number of pyridine rings is 1. The van der Waals surface area contributed by atoms with E-state index in [0.29, 0.717) is 12.0 Å². The molecule has 3 aromatic rings. The van der Waals surface area contributed by atoms with E-state index in [1.54, 1.807) is 6.33 Å². The Morgan fingerprint density at radius 1 is 1.03 bits per heavy atom. The molecule has 0 bridgehead atoms. The van der Waals surface area contributed by atoms with Crippen LogP contribution in [0.5, 0.6) is 0 Å². The van der Waals surface area contributed by atoms with Crippen molar-refractivity contribution in [2.45, 2.75) is 51.1 Å². The lowest BCUT2D eigenvalue weighted by molar-refractivity contribution is 0.312. The van der Waals surface area contributed by atoms with Gasteiger partial charge in [-0.15, -0.1) is 10.2 Å². The number of piperazine rings is 1. The molecule has 10 nitrogen and oxygen atoms in total. The summed E-state index contributed by atoms with van der Waals surface area (Å²) in [7, 11) is 2.16. The van der Waals surface area contributed by atoms with Gasteiger partial charge in [0.2, 0.25) is 5.95 Å². The van der Waals surface area contributed by atoms with Gasteiger partial charge in [-0.3, -0.25) is 4.57 Å². The smallest absolute Gasteiger partial charge is 0.229 e. The van der Waals surface area contributed by atoms with Crippen molar-refractivity contribution < 1.29 is 0 Å². The van der Waals surface area contributed by atoms with E-state index in [1.165, 1.54) is 25.7 Å². The Bertz CT molecular complexity index is 1130.